The van der Waals surface area contributed by atoms with Crippen LogP contribution in [-0.4, -0.2) is 17.4 Å². The molecule has 0 bridgehead atoms. The Hall–Kier alpha value is -2.31. The van der Waals surface area contributed by atoms with E-state index in [0.717, 1.165) is 34.0 Å². The van der Waals surface area contributed by atoms with Crippen LogP contribution in [0.1, 0.15) is 11.6 Å². The molecular formula is C22H17F2NOS2. The summed E-state index contributed by atoms with van der Waals surface area (Å²) in [6.07, 6.45) is 0. The molecule has 28 heavy (non-hydrogen) atoms. The molecule has 0 unspecified atom stereocenters. The summed E-state index contributed by atoms with van der Waals surface area (Å²) in [5, 5.41) is 0. The minimum absolute atomic E-state index is 0.0589. The van der Waals surface area contributed by atoms with Crippen molar-refractivity contribution in [2.24, 2.45) is 0 Å². The summed E-state index contributed by atoms with van der Waals surface area (Å²) in [6, 6.07) is 21.5. The van der Waals surface area contributed by atoms with Gasteiger partial charge in [-0.25, -0.2) is 8.78 Å². The van der Waals surface area contributed by atoms with Crippen LogP contribution in [-0.2, 0) is 4.79 Å². The normalized spacial score (nSPS) is 15.9. The standard InChI is InChI=1S/C22H17F2NOS2/c23-17-11-10-16(12-18(17)24)27-14-22(26)25-19-8-4-5-9-21(19)28-13-20(25)15-6-2-1-3-7-15/h1-12,20H,13-14H2/t20-/m1/s1. The molecule has 1 aliphatic heterocycles. The van der Waals surface area contributed by atoms with Gasteiger partial charge in [0.1, 0.15) is 0 Å². The first kappa shape index (κ1) is 19.0. The van der Waals surface area contributed by atoms with E-state index in [-0.39, 0.29) is 17.7 Å². The fourth-order valence-corrected chi connectivity index (χ4v) is 5.15. The van der Waals surface area contributed by atoms with Crippen molar-refractivity contribution in [1.29, 1.82) is 0 Å². The molecule has 0 radical (unpaired) electrons. The fraction of sp³-hybridized carbons (Fsp3) is 0.136. The first-order valence-corrected chi connectivity index (χ1v) is 10.8. The summed E-state index contributed by atoms with van der Waals surface area (Å²) < 4.78 is 26.6. The summed E-state index contributed by atoms with van der Waals surface area (Å²) in [7, 11) is 0. The third-order valence-electron chi connectivity index (χ3n) is 4.54. The second kappa shape index (κ2) is 8.37. The van der Waals surface area contributed by atoms with Crippen LogP contribution in [0, 0.1) is 11.6 Å². The minimum Gasteiger partial charge on any atom is -0.302 e. The van der Waals surface area contributed by atoms with Crippen molar-refractivity contribution in [2.75, 3.05) is 16.4 Å². The third kappa shape index (κ3) is 3.93. The Balaban J connectivity index is 1.61. The SMILES string of the molecule is O=C(CSc1ccc(F)c(F)c1)N1c2ccccc2SC[C@@H]1c1ccccc1. The number of rotatable bonds is 4. The quantitative estimate of drug-likeness (QED) is 0.494. The summed E-state index contributed by atoms with van der Waals surface area (Å²) in [5.74, 6) is -0.937. The van der Waals surface area contributed by atoms with Gasteiger partial charge in [-0.3, -0.25) is 4.79 Å². The Bertz CT molecular complexity index is 997. The van der Waals surface area contributed by atoms with E-state index in [2.05, 4.69) is 0 Å². The topological polar surface area (TPSA) is 20.3 Å². The first-order chi connectivity index (χ1) is 13.6. The Morgan fingerprint density at radius 1 is 1.00 bits per heavy atom. The molecule has 0 saturated carbocycles. The molecule has 4 rings (SSSR count). The predicted molar refractivity (Wildman–Crippen MR) is 111 cm³/mol. The minimum atomic E-state index is -0.903. The van der Waals surface area contributed by atoms with E-state index in [4.69, 9.17) is 0 Å². The molecule has 0 aromatic heterocycles. The molecule has 1 aliphatic rings. The lowest BCUT2D eigenvalue weighted by molar-refractivity contribution is -0.116. The highest BCUT2D eigenvalue weighted by Crippen LogP contribution is 2.43. The number of thioether (sulfide) groups is 2. The van der Waals surface area contributed by atoms with Gasteiger partial charge in [-0.15, -0.1) is 23.5 Å². The van der Waals surface area contributed by atoms with Crippen molar-refractivity contribution in [1.82, 2.24) is 0 Å². The molecule has 3 aromatic rings. The molecular weight excluding hydrogens is 396 g/mol. The smallest absolute Gasteiger partial charge is 0.237 e. The number of carbonyl (C=O) groups excluding carboxylic acids is 1. The number of amides is 1. The number of hydrogen-bond acceptors (Lipinski definition) is 3. The van der Waals surface area contributed by atoms with Crippen LogP contribution >= 0.6 is 23.5 Å². The number of fused-ring (bicyclic) bond motifs is 1. The van der Waals surface area contributed by atoms with Gasteiger partial charge in [-0.2, -0.15) is 0 Å². The highest BCUT2D eigenvalue weighted by atomic mass is 32.2. The number of nitrogens with zero attached hydrogens (tertiary/aromatic N) is 1. The molecule has 3 aromatic carbocycles. The molecule has 0 N–H and O–H groups in total. The van der Waals surface area contributed by atoms with Crippen LogP contribution in [0.3, 0.4) is 0 Å². The Kier molecular flexibility index (Phi) is 5.69. The lowest BCUT2D eigenvalue weighted by Crippen LogP contribution is -2.39. The van der Waals surface area contributed by atoms with Gasteiger partial charge in [0, 0.05) is 15.5 Å². The predicted octanol–water partition coefficient (Wildman–Crippen LogP) is 5.94. The second-order valence-electron chi connectivity index (χ2n) is 6.33. The largest absolute Gasteiger partial charge is 0.302 e. The molecule has 6 heteroatoms. The molecule has 1 heterocycles. The summed E-state index contributed by atoms with van der Waals surface area (Å²) in [4.78, 5) is 16.6. The van der Waals surface area contributed by atoms with Crippen LogP contribution in [0.5, 0.6) is 0 Å². The van der Waals surface area contributed by atoms with E-state index < -0.39 is 11.6 Å². The maximum Gasteiger partial charge on any atom is 0.237 e. The highest BCUT2D eigenvalue weighted by molar-refractivity contribution is 8.00. The van der Waals surface area contributed by atoms with Gasteiger partial charge in [0.25, 0.3) is 0 Å². The van der Waals surface area contributed by atoms with E-state index >= 15 is 0 Å². The lowest BCUT2D eigenvalue weighted by atomic mass is 10.1. The maximum atomic E-state index is 13.5. The fourth-order valence-electron chi connectivity index (χ4n) is 3.20. The Labute approximate surface area is 170 Å². The highest BCUT2D eigenvalue weighted by Gasteiger charge is 2.32. The monoisotopic (exact) mass is 413 g/mol. The van der Waals surface area contributed by atoms with Crippen molar-refractivity contribution in [3.05, 3.63) is 90.0 Å². The van der Waals surface area contributed by atoms with Crippen molar-refractivity contribution >= 4 is 35.1 Å². The molecule has 0 aliphatic carbocycles. The van der Waals surface area contributed by atoms with Gasteiger partial charge >= 0.3 is 0 Å². The summed E-state index contributed by atoms with van der Waals surface area (Å²) in [6.45, 7) is 0. The molecule has 0 spiro atoms. The zero-order valence-electron chi connectivity index (χ0n) is 14.8. The number of carbonyl (C=O) groups is 1. The van der Waals surface area contributed by atoms with Gasteiger partial charge in [0.05, 0.1) is 17.5 Å². The van der Waals surface area contributed by atoms with Gasteiger partial charge in [0.2, 0.25) is 5.91 Å². The number of anilines is 1. The zero-order valence-corrected chi connectivity index (χ0v) is 16.5. The van der Waals surface area contributed by atoms with Crippen LogP contribution < -0.4 is 4.90 Å². The van der Waals surface area contributed by atoms with Gasteiger partial charge in [0.15, 0.2) is 11.6 Å². The van der Waals surface area contributed by atoms with Crippen molar-refractivity contribution in [2.45, 2.75) is 15.8 Å². The van der Waals surface area contributed by atoms with E-state index in [1.54, 1.807) is 11.8 Å². The molecule has 1 atom stereocenters. The Morgan fingerprint density at radius 3 is 2.54 bits per heavy atom. The summed E-state index contributed by atoms with van der Waals surface area (Å²) >= 11 is 2.95. The van der Waals surface area contributed by atoms with Crippen LogP contribution in [0.25, 0.3) is 0 Å². The van der Waals surface area contributed by atoms with Crippen molar-refractivity contribution in [3.8, 4) is 0 Å². The molecule has 1 amide bonds. The lowest BCUT2D eigenvalue weighted by Gasteiger charge is -2.37. The number of benzene rings is 3. The van der Waals surface area contributed by atoms with E-state index in [1.807, 2.05) is 59.5 Å². The number of para-hydroxylation sites is 1. The number of hydrogen-bond donors (Lipinski definition) is 0. The van der Waals surface area contributed by atoms with E-state index in [9.17, 15) is 13.6 Å². The van der Waals surface area contributed by atoms with Crippen LogP contribution in [0.2, 0.25) is 0 Å². The molecule has 0 saturated heterocycles. The average molecular weight is 414 g/mol. The second-order valence-corrected chi connectivity index (χ2v) is 8.44. The van der Waals surface area contributed by atoms with Crippen molar-refractivity contribution in [3.63, 3.8) is 0 Å². The van der Waals surface area contributed by atoms with E-state index in [0.29, 0.717) is 4.90 Å². The van der Waals surface area contributed by atoms with Gasteiger partial charge in [-0.1, -0.05) is 42.5 Å². The van der Waals surface area contributed by atoms with E-state index in [1.165, 1.54) is 17.8 Å². The maximum absolute atomic E-state index is 13.5. The molecule has 0 fully saturated rings. The first-order valence-electron chi connectivity index (χ1n) is 8.80. The van der Waals surface area contributed by atoms with Crippen LogP contribution in [0.4, 0.5) is 14.5 Å². The summed E-state index contributed by atoms with van der Waals surface area (Å²) in [5.41, 5.74) is 1.97. The van der Waals surface area contributed by atoms with Crippen LogP contribution in [0.15, 0.2) is 82.6 Å². The van der Waals surface area contributed by atoms with Gasteiger partial charge < -0.3 is 4.90 Å². The third-order valence-corrected chi connectivity index (χ3v) is 6.66. The Morgan fingerprint density at radius 2 is 1.75 bits per heavy atom. The van der Waals surface area contributed by atoms with Crippen molar-refractivity contribution < 1.29 is 13.6 Å². The average Bonchev–Trinajstić information content (AvgIpc) is 2.74. The molecule has 2 nitrogen and oxygen atoms in total. The zero-order chi connectivity index (χ0) is 19.5. The molecule has 142 valence electrons. The number of halogens is 2. The van der Waals surface area contributed by atoms with Gasteiger partial charge in [-0.05, 0) is 35.9 Å².